The first-order valence-corrected chi connectivity index (χ1v) is 8.36. The van der Waals surface area contributed by atoms with Crippen LogP contribution in [0.4, 0.5) is 18.9 Å². The van der Waals surface area contributed by atoms with Crippen LogP contribution in [-0.4, -0.2) is 10.9 Å². The highest BCUT2D eigenvalue weighted by atomic mass is 35.5. The summed E-state index contributed by atoms with van der Waals surface area (Å²) in [4.78, 5) is 18.1. The van der Waals surface area contributed by atoms with Crippen LogP contribution in [-0.2, 0) is 12.7 Å². The summed E-state index contributed by atoms with van der Waals surface area (Å²) in [6.45, 7) is 0.112. The van der Waals surface area contributed by atoms with Crippen molar-refractivity contribution in [2.75, 3.05) is 4.90 Å². The zero-order chi connectivity index (χ0) is 19.4. The molecule has 0 aliphatic heterocycles. The normalized spacial score (nSPS) is 11.3. The minimum Gasteiger partial charge on any atom is -0.304 e. The summed E-state index contributed by atoms with van der Waals surface area (Å²) in [6, 6.07) is 15.5. The Balaban J connectivity index is 2.06. The molecule has 0 unspecified atom stereocenters. The molecular formula is C20H14ClF3N2O. The van der Waals surface area contributed by atoms with Gasteiger partial charge in [-0.15, -0.1) is 0 Å². The maximum absolute atomic E-state index is 13.2. The van der Waals surface area contributed by atoms with E-state index in [1.54, 1.807) is 24.3 Å². The van der Waals surface area contributed by atoms with Crippen LogP contribution in [0.2, 0.25) is 5.02 Å². The molecule has 0 fully saturated rings. The highest BCUT2D eigenvalue weighted by molar-refractivity contribution is 6.31. The van der Waals surface area contributed by atoms with Crippen molar-refractivity contribution in [3.8, 4) is 0 Å². The average molecular weight is 391 g/mol. The molecule has 3 nitrogen and oxygen atoms in total. The Labute approximate surface area is 159 Å². The standard InChI is InChI=1S/C20H14ClF3N2O/c21-18-7-6-16(12-17(18)20(22,23)24)26(13-14-4-2-1-3-5-14)19(27)15-8-10-25-11-9-15/h1-12H,13H2. The number of hydrogen-bond donors (Lipinski definition) is 0. The van der Waals surface area contributed by atoms with E-state index in [-0.39, 0.29) is 12.2 Å². The van der Waals surface area contributed by atoms with Gasteiger partial charge in [-0.3, -0.25) is 9.78 Å². The number of pyridine rings is 1. The molecule has 7 heteroatoms. The smallest absolute Gasteiger partial charge is 0.304 e. The minimum absolute atomic E-state index is 0.109. The first-order valence-electron chi connectivity index (χ1n) is 7.99. The van der Waals surface area contributed by atoms with Crippen LogP contribution < -0.4 is 4.90 Å². The van der Waals surface area contributed by atoms with Gasteiger partial charge in [0.1, 0.15) is 0 Å². The highest BCUT2D eigenvalue weighted by Gasteiger charge is 2.34. The molecule has 0 aliphatic rings. The van der Waals surface area contributed by atoms with E-state index < -0.39 is 22.7 Å². The molecule has 0 aliphatic carbocycles. The number of halogens is 4. The van der Waals surface area contributed by atoms with Crippen molar-refractivity contribution in [3.05, 3.63) is 94.8 Å². The largest absolute Gasteiger partial charge is 0.417 e. The van der Waals surface area contributed by atoms with Gasteiger partial charge < -0.3 is 4.90 Å². The summed E-state index contributed by atoms with van der Waals surface area (Å²) in [7, 11) is 0. The molecule has 0 spiro atoms. The Bertz CT molecular complexity index is 931. The number of carbonyl (C=O) groups excluding carboxylic acids is 1. The Kier molecular flexibility index (Phi) is 5.46. The molecule has 1 amide bonds. The van der Waals surface area contributed by atoms with E-state index in [1.807, 2.05) is 6.07 Å². The molecular weight excluding hydrogens is 377 g/mol. The van der Waals surface area contributed by atoms with E-state index in [0.717, 1.165) is 17.7 Å². The third-order valence-corrected chi connectivity index (χ3v) is 4.25. The Morgan fingerprint density at radius 2 is 1.67 bits per heavy atom. The molecule has 3 aromatic rings. The Morgan fingerprint density at radius 1 is 1.00 bits per heavy atom. The third-order valence-electron chi connectivity index (χ3n) is 3.92. The van der Waals surface area contributed by atoms with Crippen LogP contribution >= 0.6 is 11.6 Å². The zero-order valence-electron chi connectivity index (χ0n) is 13.9. The molecule has 0 atom stereocenters. The van der Waals surface area contributed by atoms with Crippen LogP contribution in [0.15, 0.2) is 73.1 Å². The maximum Gasteiger partial charge on any atom is 0.417 e. The number of carbonyl (C=O) groups is 1. The summed E-state index contributed by atoms with van der Waals surface area (Å²) in [5.41, 5.74) is 0.229. The Morgan fingerprint density at radius 3 is 2.30 bits per heavy atom. The van der Waals surface area contributed by atoms with Crippen molar-refractivity contribution >= 4 is 23.2 Å². The predicted molar refractivity (Wildman–Crippen MR) is 97.6 cm³/mol. The van der Waals surface area contributed by atoms with Crippen LogP contribution in [0.3, 0.4) is 0 Å². The van der Waals surface area contributed by atoms with Crippen molar-refractivity contribution in [2.24, 2.45) is 0 Å². The molecule has 0 saturated carbocycles. The highest BCUT2D eigenvalue weighted by Crippen LogP contribution is 2.37. The van der Waals surface area contributed by atoms with Crippen molar-refractivity contribution in [1.82, 2.24) is 4.98 Å². The first-order chi connectivity index (χ1) is 12.9. The lowest BCUT2D eigenvalue weighted by atomic mass is 10.1. The number of nitrogens with zero attached hydrogens (tertiary/aromatic N) is 2. The Hall–Kier alpha value is -2.86. The summed E-state index contributed by atoms with van der Waals surface area (Å²) in [5, 5.41) is -0.415. The van der Waals surface area contributed by atoms with Crippen molar-refractivity contribution in [2.45, 2.75) is 12.7 Å². The lowest BCUT2D eigenvalue weighted by molar-refractivity contribution is -0.137. The lowest BCUT2D eigenvalue weighted by Gasteiger charge is -2.24. The SMILES string of the molecule is O=C(c1ccncc1)N(Cc1ccccc1)c1ccc(Cl)c(C(F)(F)F)c1. The molecule has 1 heterocycles. The van der Waals surface area contributed by atoms with Gasteiger partial charge in [-0.2, -0.15) is 13.2 Å². The van der Waals surface area contributed by atoms with Gasteiger partial charge in [0.05, 0.1) is 17.1 Å². The molecule has 0 N–H and O–H groups in total. The van der Waals surface area contributed by atoms with Gasteiger partial charge in [0, 0.05) is 23.6 Å². The molecule has 27 heavy (non-hydrogen) atoms. The van der Waals surface area contributed by atoms with E-state index in [0.29, 0.717) is 5.56 Å². The van der Waals surface area contributed by atoms with Gasteiger partial charge in [-0.05, 0) is 35.9 Å². The number of benzene rings is 2. The summed E-state index contributed by atoms with van der Waals surface area (Å²) < 4.78 is 39.7. The topological polar surface area (TPSA) is 33.2 Å². The number of amides is 1. The second-order valence-corrected chi connectivity index (χ2v) is 6.18. The zero-order valence-corrected chi connectivity index (χ0v) is 14.7. The number of alkyl halides is 3. The molecule has 0 bridgehead atoms. The molecule has 1 aromatic heterocycles. The van der Waals surface area contributed by atoms with Gasteiger partial charge in [0.2, 0.25) is 0 Å². The van der Waals surface area contributed by atoms with E-state index >= 15 is 0 Å². The number of hydrogen-bond acceptors (Lipinski definition) is 2. The first kappa shape index (κ1) is 18.9. The van der Waals surface area contributed by atoms with E-state index in [2.05, 4.69) is 4.98 Å². The van der Waals surface area contributed by atoms with Crippen molar-refractivity contribution < 1.29 is 18.0 Å². The van der Waals surface area contributed by atoms with Crippen LogP contribution in [0.25, 0.3) is 0 Å². The fourth-order valence-electron chi connectivity index (χ4n) is 2.60. The van der Waals surface area contributed by atoms with Gasteiger partial charge in [-0.1, -0.05) is 41.9 Å². The molecule has 0 radical (unpaired) electrons. The monoisotopic (exact) mass is 390 g/mol. The fourth-order valence-corrected chi connectivity index (χ4v) is 2.82. The predicted octanol–water partition coefficient (Wildman–Crippen LogP) is 5.60. The summed E-state index contributed by atoms with van der Waals surface area (Å²) >= 11 is 5.71. The summed E-state index contributed by atoms with van der Waals surface area (Å²) in [5.74, 6) is -0.434. The fraction of sp³-hybridized carbons (Fsp3) is 0.100. The van der Waals surface area contributed by atoms with E-state index in [1.165, 1.54) is 35.5 Å². The van der Waals surface area contributed by atoms with Gasteiger partial charge in [-0.25, -0.2) is 0 Å². The molecule has 138 valence electrons. The van der Waals surface area contributed by atoms with Crippen LogP contribution in [0.5, 0.6) is 0 Å². The molecule has 2 aromatic carbocycles. The van der Waals surface area contributed by atoms with E-state index in [9.17, 15) is 18.0 Å². The quantitative estimate of drug-likeness (QED) is 0.581. The number of aromatic nitrogens is 1. The minimum atomic E-state index is -4.62. The molecule has 3 rings (SSSR count). The summed E-state index contributed by atoms with van der Waals surface area (Å²) in [6.07, 6.45) is -1.71. The second-order valence-electron chi connectivity index (χ2n) is 5.77. The van der Waals surface area contributed by atoms with Crippen molar-refractivity contribution in [1.29, 1.82) is 0 Å². The third kappa shape index (κ3) is 4.46. The van der Waals surface area contributed by atoms with Crippen LogP contribution in [0.1, 0.15) is 21.5 Å². The van der Waals surface area contributed by atoms with Gasteiger partial charge in [0.25, 0.3) is 5.91 Å². The number of anilines is 1. The number of rotatable bonds is 4. The second kappa shape index (κ2) is 7.80. The molecule has 0 saturated heterocycles. The van der Waals surface area contributed by atoms with Crippen molar-refractivity contribution in [3.63, 3.8) is 0 Å². The van der Waals surface area contributed by atoms with Gasteiger partial charge in [0.15, 0.2) is 0 Å². The lowest BCUT2D eigenvalue weighted by Crippen LogP contribution is -2.30. The maximum atomic E-state index is 13.2. The van der Waals surface area contributed by atoms with Gasteiger partial charge >= 0.3 is 6.18 Å². The average Bonchev–Trinajstić information content (AvgIpc) is 2.67. The van der Waals surface area contributed by atoms with E-state index in [4.69, 9.17) is 11.6 Å². The van der Waals surface area contributed by atoms with Crippen LogP contribution in [0, 0.1) is 0 Å².